The molecule has 0 bridgehead atoms. The van der Waals surface area contributed by atoms with E-state index in [2.05, 4.69) is 54.3 Å². The number of methoxy groups -OCH3 is 2. The highest BCUT2D eigenvalue weighted by Gasteiger charge is 2.15. The van der Waals surface area contributed by atoms with E-state index in [4.69, 9.17) is 14.5 Å². The molecule has 4 aromatic rings. The molecule has 2 heterocycles. The number of hydrogen-bond donors (Lipinski definition) is 1. The van der Waals surface area contributed by atoms with Crippen molar-refractivity contribution in [2.75, 3.05) is 19.5 Å². The molecule has 0 aliphatic rings. The van der Waals surface area contributed by atoms with E-state index in [1.165, 1.54) is 0 Å². The minimum atomic E-state index is 0.626. The van der Waals surface area contributed by atoms with Crippen LogP contribution in [0.4, 0.5) is 11.5 Å². The second-order valence-corrected chi connectivity index (χ2v) is 7.74. The first kappa shape index (κ1) is 18.1. The molecule has 4 rings (SSSR count). The van der Waals surface area contributed by atoms with Crippen LogP contribution in [-0.2, 0) is 0 Å². The first-order valence-corrected chi connectivity index (χ1v) is 9.71. The van der Waals surface area contributed by atoms with Gasteiger partial charge in [0.1, 0.15) is 5.52 Å². The van der Waals surface area contributed by atoms with Gasteiger partial charge in [-0.1, -0.05) is 0 Å². The van der Waals surface area contributed by atoms with Crippen molar-refractivity contribution in [3.63, 3.8) is 0 Å². The molecule has 0 unspecified atom stereocenters. The van der Waals surface area contributed by atoms with Crippen LogP contribution < -0.4 is 14.8 Å². The number of halogens is 2. The zero-order valence-electron chi connectivity index (χ0n) is 14.9. The zero-order valence-corrected chi connectivity index (χ0v) is 18.1. The highest BCUT2D eigenvalue weighted by Crippen LogP contribution is 2.37. The van der Waals surface area contributed by atoms with E-state index in [9.17, 15) is 0 Å². The number of hydrogen-bond acceptors (Lipinski definition) is 5. The van der Waals surface area contributed by atoms with Gasteiger partial charge < -0.3 is 14.8 Å². The molecule has 0 saturated heterocycles. The van der Waals surface area contributed by atoms with Crippen molar-refractivity contribution in [3.05, 3.63) is 51.3 Å². The molecule has 0 spiro atoms. The fourth-order valence-electron chi connectivity index (χ4n) is 3.01. The van der Waals surface area contributed by atoms with E-state index >= 15 is 0 Å². The number of rotatable bonds is 4. The van der Waals surface area contributed by atoms with E-state index in [0.29, 0.717) is 17.3 Å². The van der Waals surface area contributed by atoms with E-state index in [1.807, 2.05) is 23.5 Å². The lowest BCUT2D eigenvalue weighted by atomic mass is 10.2. The van der Waals surface area contributed by atoms with Crippen LogP contribution in [-0.4, -0.2) is 28.6 Å². The standard InChI is InChI=1S/C19H16Br2N4O2/c1-10-4-11(20)18(12(21)5-10)24-19-15-8-22-9-25(15)14-7-17(27-3)16(26-2)6-13(14)23-19/h4-9H,1-3H3,(H,23,24). The van der Waals surface area contributed by atoms with E-state index in [-0.39, 0.29) is 0 Å². The first-order chi connectivity index (χ1) is 13.0. The molecule has 0 fully saturated rings. The SMILES string of the molecule is COc1cc2nc(Nc3c(Br)cc(C)cc3Br)c3cncn3c2cc1OC. The second-order valence-electron chi connectivity index (χ2n) is 6.03. The van der Waals surface area contributed by atoms with Crippen LogP contribution in [0.5, 0.6) is 11.5 Å². The topological polar surface area (TPSA) is 60.7 Å². The van der Waals surface area contributed by atoms with Crippen LogP contribution in [0, 0.1) is 6.92 Å². The number of nitrogens with zero attached hydrogens (tertiary/aromatic N) is 3. The van der Waals surface area contributed by atoms with Crippen LogP contribution >= 0.6 is 31.9 Å². The van der Waals surface area contributed by atoms with Crippen LogP contribution in [0.25, 0.3) is 16.6 Å². The van der Waals surface area contributed by atoms with Gasteiger partial charge in [0.25, 0.3) is 0 Å². The van der Waals surface area contributed by atoms with Gasteiger partial charge in [-0.2, -0.15) is 0 Å². The highest BCUT2D eigenvalue weighted by molar-refractivity contribution is 9.11. The Morgan fingerprint density at radius 1 is 0.963 bits per heavy atom. The third-order valence-corrected chi connectivity index (χ3v) is 5.53. The molecular weight excluding hydrogens is 476 g/mol. The molecule has 0 radical (unpaired) electrons. The zero-order chi connectivity index (χ0) is 19.1. The number of fused-ring (bicyclic) bond motifs is 3. The maximum Gasteiger partial charge on any atom is 0.163 e. The molecule has 0 atom stereocenters. The Bertz CT molecular complexity index is 1150. The molecule has 6 nitrogen and oxygen atoms in total. The van der Waals surface area contributed by atoms with Gasteiger partial charge in [0.05, 0.1) is 43.5 Å². The summed E-state index contributed by atoms with van der Waals surface area (Å²) < 4.78 is 14.7. The number of nitrogens with one attached hydrogen (secondary N) is 1. The molecule has 0 aliphatic carbocycles. The van der Waals surface area contributed by atoms with Crippen molar-refractivity contribution < 1.29 is 9.47 Å². The molecule has 27 heavy (non-hydrogen) atoms. The van der Waals surface area contributed by atoms with Crippen LogP contribution in [0.1, 0.15) is 5.56 Å². The summed E-state index contributed by atoms with van der Waals surface area (Å²) in [5.41, 5.74) is 4.55. The predicted molar refractivity (Wildman–Crippen MR) is 113 cm³/mol. The summed E-state index contributed by atoms with van der Waals surface area (Å²) in [5.74, 6) is 1.96. The molecule has 0 aliphatic heterocycles. The number of ether oxygens (including phenoxy) is 2. The number of aromatic nitrogens is 3. The van der Waals surface area contributed by atoms with E-state index < -0.39 is 0 Å². The Balaban J connectivity index is 1.94. The summed E-state index contributed by atoms with van der Waals surface area (Å²) in [7, 11) is 3.23. The van der Waals surface area contributed by atoms with E-state index in [0.717, 1.165) is 36.7 Å². The van der Waals surface area contributed by atoms with E-state index in [1.54, 1.807) is 26.7 Å². The van der Waals surface area contributed by atoms with Gasteiger partial charge in [0.15, 0.2) is 17.3 Å². The monoisotopic (exact) mass is 490 g/mol. The van der Waals surface area contributed by atoms with Crippen LogP contribution in [0.15, 0.2) is 45.7 Å². The lowest BCUT2D eigenvalue weighted by molar-refractivity contribution is 0.355. The normalized spacial score (nSPS) is 11.1. The fourth-order valence-corrected chi connectivity index (χ4v) is 4.62. The Kier molecular flexibility index (Phi) is 4.69. The minimum Gasteiger partial charge on any atom is -0.493 e. The summed E-state index contributed by atoms with van der Waals surface area (Å²) >= 11 is 7.24. The van der Waals surface area contributed by atoms with Gasteiger partial charge >= 0.3 is 0 Å². The Morgan fingerprint density at radius 2 is 1.63 bits per heavy atom. The predicted octanol–water partition coefficient (Wildman–Crippen LogP) is 5.48. The van der Waals surface area contributed by atoms with Crippen molar-refractivity contribution in [3.8, 4) is 11.5 Å². The molecule has 138 valence electrons. The van der Waals surface area contributed by atoms with Crippen molar-refractivity contribution in [2.45, 2.75) is 6.92 Å². The number of benzene rings is 2. The lowest BCUT2D eigenvalue weighted by Crippen LogP contribution is -2.01. The number of aryl methyl sites for hydroxylation is 1. The summed E-state index contributed by atoms with van der Waals surface area (Å²) in [6.07, 6.45) is 3.54. The molecule has 0 saturated carbocycles. The average Bonchev–Trinajstić information content (AvgIpc) is 3.13. The lowest BCUT2D eigenvalue weighted by Gasteiger charge is -2.15. The van der Waals surface area contributed by atoms with Crippen LogP contribution in [0.2, 0.25) is 0 Å². The largest absolute Gasteiger partial charge is 0.493 e. The number of anilines is 2. The van der Waals surface area contributed by atoms with Gasteiger partial charge in [-0.15, -0.1) is 0 Å². The highest BCUT2D eigenvalue weighted by atomic mass is 79.9. The van der Waals surface area contributed by atoms with Crippen molar-refractivity contribution in [1.29, 1.82) is 0 Å². The van der Waals surface area contributed by atoms with Crippen molar-refractivity contribution in [1.82, 2.24) is 14.4 Å². The maximum atomic E-state index is 5.42. The van der Waals surface area contributed by atoms with Crippen LogP contribution in [0.3, 0.4) is 0 Å². The summed E-state index contributed by atoms with van der Waals surface area (Å²) in [5, 5.41) is 3.42. The van der Waals surface area contributed by atoms with Gasteiger partial charge in [0, 0.05) is 21.1 Å². The summed E-state index contributed by atoms with van der Waals surface area (Å²) in [6.45, 7) is 2.04. The van der Waals surface area contributed by atoms with Gasteiger partial charge in [-0.3, -0.25) is 4.40 Å². The molecule has 8 heteroatoms. The molecule has 2 aromatic heterocycles. The Labute approximate surface area is 172 Å². The summed E-state index contributed by atoms with van der Waals surface area (Å²) in [4.78, 5) is 9.11. The molecule has 2 aromatic carbocycles. The third kappa shape index (κ3) is 3.12. The quantitative estimate of drug-likeness (QED) is 0.409. The van der Waals surface area contributed by atoms with Crippen molar-refractivity contribution in [2.24, 2.45) is 0 Å². The fraction of sp³-hybridized carbons (Fsp3) is 0.158. The number of imidazole rings is 1. The summed E-state index contributed by atoms with van der Waals surface area (Å²) in [6, 6.07) is 7.86. The molecule has 0 amide bonds. The minimum absolute atomic E-state index is 0.626. The Morgan fingerprint density at radius 3 is 2.30 bits per heavy atom. The van der Waals surface area contributed by atoms with Crippen molar-refractivity contribution >= 4 is 59.9 Å². The average molecular weight is 492 g/mol. The van der Waals surface area contributed by atoms with Gasteiger partial charge in [0.2, 0.25) is 0 Å². The molecule has 1 N–H and O–H groups in total. The maximum absolute atomic E-state index is 5.42. The smallest absolute Gasteiger partial charge is 0.163 e. The molecular formula is C19H16Br2N4O2. The van der Waals surface area contributed by atoms with Gasteiger partial charge in [-0.05, 0) is 56.5 Å². The Hall–Kier alpha value is -2.32. The first-order valence-electron chi connectivity index (χ1n) is 8.12. The van der Waals surface area contributed by atoms with Gasteiger partial charge in [-0.25, -0.2) is 9.97 Å². The third-order valence-electron chi connectivity index (χ3n) is 4.28. The second kappa shape index (κ2) is 7.01.